The highest BCUT2D eigenvalue weighted by molar-refractivity contribution is 5.14. The highest BCUT2D eigenvalue weighted by Gasteiger charge is 2.01. The summed E-state index contributed by atoms with van der Waals surface area (Å²) in [6.07, 6.45) is 3.22. The van der Waals surface area contributed by atoms with Gasteiger partial charge < -0.3 is 5.73 Å². The minimum absolute atomic E-state index is 0.0334. The zero-order chi connectivity index (χ0) is 11.8. The molecule has 0 aromatic heterocycles. The molecule has 1 unspecified atom stereocenters. The Morgan fingerprint density at radius 3 is 2.44 bits per heavy atom. The number of nitrogens with one attached hydrogen (secondary N) is 2. The van der Waals surface area contributed by atoms with E-state index in [1.54, 1.807) is 0 Å². The van der Waals surface area contributed by atoms with Crippen molar-refractivity contribution < 1.29 is 0 Å². The fourth-order valence-electron chi connectivity index (χ4n) is 1.52. The van der Waals surface area contributed by atoms with Gasteiger partial charge in [0.1, 0.15) is 0 Å². The molecule has 3 heteroatoms. The zero-order valence-corrected chi connectivity index (χ0v) is 10.2. The van der Waals surface area contributed by atoms with Gasteiger partial charge in [-0.1, -0.05) is 30.3 Å². The first kappa shape index (κ1) is 13.2. The lowest BCUT2D eigenvalue weighted by atomic mass is 10.1. The van der Waals surface area contributed by atoms with Gasteiger partial charge in [-0.2, -0.15) is 0 Å². The average Bonchev–Trinajstić information content (AvgIpc) is 2.28. The average molecular weight is 221 g/mol. The Kier molecular flexibility index (Phi) is 6.08. The molecule has 0 spiro atoms. The summed E-state index contributed by atoms with van der Waals surface area (Å²) in [5.41, 5.74) is 13.5. The van der Waals surface area contributed by atoms with E-state index in [0.29, 0.717) is 6.04 Å². The molecule has 0 bridgehead atoms. The van der Waals surface area contributed by atoms with E-state index >= 15 is 0 Å². The first-order valence-electron chi connectivity index (χ1n) is 5.99. The van der Waals surface area contributed by atoms with Crippen LogP contribution in [0.5, 0.6) is 0 Å². The van der Waals surface area contributed by atoms with Crippen LogP contribution in [0.25, 0.3) is 0 Å². The van der Waals surface area contributed by atoms with Gasteiger partial charge in [0, 0.05) is 6.04 Å². The molecule has 1 aromatic rings. The maximum atomic E-state index is 5.91. The van der Waals surface area contributed by atoms with Crippen LogP contribution in [0.15, 0.2) is 30.3 Å². The van der Waals surface area contributed by atoms with Gasteiger partial charge in [-0.3, -0.25) is 5.43 Å². The van der Waals surface area contributed by atoms with Crippen molar-refractivity contribution in [3.8, 4) is 0 Å². The molecule has 0 fully saturated rings. The molecule has 1 atom stereocenters. The molecule has 3 nitrogen and oxygen atoms in total. The topological polar surface area (TPSA) is 50.1 Å². The van der Waals surface area contributed by atoms with Crippen molar-refractivity contribution in [2.45, 2.75) is 45.3 Å². The van der Waals surface area contributed by atoms with Crippen LogP contribution in [0.2, 0.25) is 0 Å². The molecule has 90 valence electrons. The van der Waals surface area contributed by atoms with Crippen LogP contribution < -0.4 is 16.6 Å². The first-order valence-corrected chi connectivity index (χ1v) is 5.99. The van der Waals surface area contributed by atoms with Gasteiger partial charge in [-0.05, 0) is 38.7 Å². The second-order valence-electron chi connectivity index (χ2n) is 4.43. The molecule has 0 saturated carbocycles. The van der Waals surface area contributed by atoms with Crippen molar-refractivity contribution in [1.29, 1.82) is 0 Å². The Labute approximate surface area is 98.4 Å². The van der Waals surface area contributed by atoms with E-state index in [1.807, 2.05) is 6.07 Å². The summed E-state index contributed by atoms with van der Waals surface area (Å²) in [5, 5.41) is 0. The van der Waals surface area contributed by atoms with Gasteiger partial charge in [0.05, 0.1) is 6.17 Å². The highest BCUT2D eigenvalue weighted by Crippen LogP contribution is 2.04. The minimum Gasteiger partial charge on any atom is -0.315 e. The molecule has 0 saturated heterocycles. The summed E-state index contributed by atoms with van der Waals surface area (Å²) in [4.78, 5) is 0. The normalized spacial score (nSPS) is 13.0. The van der Waals surface area contributed by atoms with E-state index in [4.69, 9.17) is 5.73 Å². The van der Waals surface area contributed by atoms with Gasteiger partial charge in [0.2, 0.25) is 0 Å². The summed E-state index contributed by atoms with van der Waals surface area (Å²) in [6.45, 7) is 4.17. The van der Waals surface area contributed by atoms with Crippen LogP contribution in [0, 0.1) is 0 Å². The van der Waals surface area contributed by atoms with Gasteiger partial charge in [0.25, 0.3) is 0 Å². The molecule has 0 aliphatic carbocycles. The molecule has 16 heavy (non-hydrogen) atoms. The van der Waals surface area contributed by atoms with E-state index in [1.165, 1.54) is 5.56 Å². The fourth-order valence-corrected chi connectivity index (χ4v) is 1.52. The number of nitrogens with two attached hydrogens (primary N) is 1. The van der Waals surface area contributed by atoms with Crippen molar-refractivity contribution in [3.63, 3.8) is 0 Å². The van der Waals surface area contributed by atoms with Crippen LogP contribution in [0.1, 0.15) is 32.3 Å². The summed E-state index contributed by atoms with van der Waals surface area (Å²) in [5.74, 6) is 0. The van der Waals surface area contributed by atoms with Crippen molar-refractivity contribution in [3.05, 3.63) is 35.9 Å². The Balaban J connectivity index is 2.11. The molecule has 1 rings (SSSR count). The highest BCUT2D eigenvalue weighted by atomic mass is 15.4. The van der Waals surface area contributed by atoms with Crippen molar-refractivity contribution in [1.82, 2.24) is 10.9 Å². The third kappa shape index (κ3) is 5.85. The van der Waals surface area contributed by atoms with Crippen molar-refractivity contribution in [2.75, 3.05) is 0 Å². The van der Waals surface area contributed by atoms with Gasteiger partial charge in [-0.25, -0.2) is 5.43 Å². The number of benzene rings is 1. The number of rotatable bonds is 7. The number of hydrazine groups is 1. The predicted molar refractivity (Wildman–Crippen MR) is 68.8 cm³/mol. The third-order valence-electron chi connectivity index (χ3n) is 2.38. The fraction of sp³-hybridized carbons (Fsp3) is 0.538. The van der Waals surface area contributed by atoms with E-state index < -0.39 is 0 Å². The predicted octanol–water partition coefficient (Wildman–Crippen LogP) is 1.80. The molecule has 1 aromatic carbocycles. The SMILES string of the molecule is CC(C)NNC(N)CCCc1ccccc1. The Bertz CT molecular complexity index is 272. The lowest BCUT2D eigenvalue weighted by Crippen LogP contribution is -2.48. The number of aryl methyl sites for hydroxylation is 1. The molecule has 0 heterocycles. The van der Waals surface area contributed by atoms with Crippen LogP contribution in [-0.4, -0.2) is 12.2 Å². The molecule has 0 aliphatic heterocycles. The smallest absolute Gasteiger partial charge is 0.0679 e. The van der Waals surface area contributed by atoms with Crippen molar-refractivity contribution in [2.24, 2.45) is 5.73 Å². The Morgan fingerprint density at radius 1 is 1.12 bits per heavy atom. The molecule has 4 N–H and O–H groups in total. The second-order valence-corrected chi connectivity index (χ2v) is 4.43. The van der Waals surface area contributed by atoms with E-state index in [9.17, 15) is 0 Å². The molecular formula is C13H23N3. The maximum Gasteiger partial charge on any atom is 0.0679 e. The van der Waals surface area contributed by atoms with Gasteiger partial charge in [0.15, 0.2) is 0 Å². The van der Waals surface area contributed by atoms with Crippen LogP contribution in [0.3, 0.4) is 0 Å². The lowest BCUT2D eigenvalue weighted by molar-refractivity contribution is 0.380. The largest absolute Gasteiger partial charge is 0.315 e. The molecule has 0 radical (unpaired) electrons. The summed E-state index contributed by atoms with van der Waals surface area (Å²) >= 11 is 0. The quantitative estimate of drug-likeness (QED) is 0.486. The molecule has 0 aliphatic rings. The van der Waals surface area contributed by atoms with Gasteiger partial charge in [-0.15, -0.1) is 0 Å². The van der Waals surface area contributed by atoms with E-state index in [2.05, 4.69) is 49.0 Å². The minimum atomic E-state index is 0.0334. The van der Waals surface area contributed by atoms with Crippen LogP contribution >= 0.6 is 0 Å². The van der Waals surface area contributed by atoms with Gasteiger partial charge >= 0.3 is 0 Å². The number of hydrogen-bond acceptors (Lipinski definition) is 3. The second kappa shape index (κ2) is 7.39. The van der Waals surface area contributed by atoms with E-state index in [0.717, 1.165) is 19.3 Å². The Hall–Kier alpha value is -0.900. The third-order valence-corrected chi connectivity index (χ3v) is 2.38. The summed E-state index contributed by atoms with van der Waals surface area (Å²) in [7, 11) is 0. The zero-order valence-electron chi connectivity index (χ0n) is 10.2. The molecular weight excluding hydrogens is 198 g/mol. The molecule has 0 amide bonds. The lowest BCUT2D eigenvalue weighted by Gasteiger charge is -2.16. The van der Waals surface area contributed by atoms with Crippen molar-refractivity contribution >= 4 is 0 Å². The standard InChI is InChI=1S/C13H23N3/c1-11(2)15-16-13(14)10-6-9-12-7-4-3-5-8-12/h3-5,7-8,11,13,15-16H,6,9-10,14H2,1-2H3. The number of hydrogen-bond donors (Lipinski definition) is 3. The summed E-state index contributed by atoms with van der Waals surface area (Å²) < 4.78 is 0. The van der Waals surface area contributed by atoms with E-state index in [-0.39, 0.29) is 6.17 Å². The first-order chi connectivity index (χ1) is 7.68. The Morgan fingerprint density at radius 2 is 1.81 bits per heavy atom. The monoisotopic (exact) mass is 221 g/mol. The maximum absolute atomic E-state index is 5.91. The van der Waals surface area contributed by atoms with Crippen LogP contribution in [-0.2, 0) is 6.42 Å². The van der Waals surface area contributed by atoms with Crippen LogP contribution in [0.4, 0.5) is 0 Å². The summed E-state index contributed by atoms with van der Waals surface area (Å²) in [6, 6.07) is 10.9.